The first-order valence-corrected chi connectivity index (χ1v) is 7.74. The van der Waals surface area contributed by atoms with Crippen LogP contribution in [0, 0.1) is 0 Å². The maximum Gasteiger partial charge on any atom is 0.224 e. The molecule has 0 saturated carbocycles. The van der Waals surface area contributed by atoms with Crippen LogP contribution in [0.15, 0.2) is 54.6 Å². The number of rotatable bonds is 7. The number of Topliss-reactive ketones (excluding diaryl/α,β-unsaturated/α-hetero) is 1. The van der Waals surface area contributed by atoms with E-state index in [2.05, 4.69) is 17.4 Å². The largest absolute Gasteiger partial charge is 0.326 e. The lowest BCUT2D eigenvalue weighted by Crippen LogP contribution is -2.29. The third-order valence-electron chi connectivity index (χ3n) is 3.73. The lowest BCUT2D eigenvalue weighted by atomic mass is 10.0. The Hall–Kier alpha value is -2.46. The molecule has 2 rings (SSSR count). The first-order valence-electron chi connectivity index (χ1n) is 7.74. The predicted octanol–water partition coefficient (Wildman–Crippen LogP) is 2.91. The third kappa shape index (κ3) is 5.34. The minimum Gasteiger partial charge on any atom is -0.326 e. The Kier molecular flexibility index (Phi) is 6.06. The summed E-state index contributed by atoms with van der Waals surface area (Å²) in [5.41, 5.74) is 8.71. The number of hydrogen-bond acceptors (Lipinski definition) is 3. The molecule has 1 amide bonds. The number of nitrogens with one attached hydrogen (secondary N) is 1. The number of carbonyl (C=O) groups is 2. The van der Waals surface area contributed by atoms with Gasteiger partial charge in [0.2, 0.25) is 5.91 Å². The quantitative estimate of drug-likeness (QED) is 0.826. The molecule has 0 unspecified atom stereocenters. The lowest BCUT2D eigenvalue weighted by Gasteiger charge is -2.12. The van der Waals surface area contributed by atoms with Crippen LogP contribution >= 0.6 is 0 Å². The number of hydrogen-bond donors (Lipinski definition) is 2. The van der Waals surface area contributed by atoms with E-state index < -0.39 is 6.04 Å². The summed E-state index contributed by atoms with van der Waals surface area (Å²) in [5, 5.41) is 2.92. The van der Waals surface area contributed by atoms with Crippen molar-refractivity contribution in [3.63, 3.8) is 0 Å². The van der Waals surface area contributed by atoms with Crippen molar-refractivity contribution in [3.8, 4) is 0 Å². The number of anilines is 1. The second-order valence-electron chi connectivity index (χ2n) is 5.62. The molecular formula is C19H22N2O2. The first kappa shape index (κ1) is 16.9. The van der Waals surface area contributed by atoms with Crippen molar-refractivity contribution >= 4 is 17.4 Å². The van der Waals surface area contributed by atoms with Gasteiger partial charge in [-0.05, 0) is 37.0 Å². The van der Waals surface area contributed by atoms with E-state index in [1.807, 2.05) is 42.5 Å². The highest BCUT2D eigenvalue weighted by Gasteiger charge is 2.12. The van der Waals surface area contributed by atoms with Crippen molar-refractivity contribution in [1.82, 2.24) is 0 Å². The van der Waals surface area contributed by atoms with Gasteiger partial charge >= 0.3 is 0 Å². The van der Waals surface area contributed by atoms with Crippen molar-refractivity contribution in [2.24, 2.45) is 5.73 Å². The molecule has 0 aliphatic carbocycles. The van der Waals surface area contributed by atoms with Crippen LogP contribution in [-0.2, 0) is 16.0 Å². The van der Waals surface area contributed by atoms with E-state index in [4.69, 9.17) is 5.73 Å². The lowest BCUT2D eigenvalue weighted by molar-refractivity contribution is -0.119. The molecule has 0 radical (unpaired) electrons. The molecule has 0 aliphatic rings. The van der Waals surface area contributed by atoms with E-state index in [0.717, 1.165) is 17.7 Å². The van der Waals surface area contributed by atoms with E-state index in [1.165, 1.54) is 12.5 Å². The fourth-order valence-corrected chi connectivity index (χ4v) is 2.31. The molecule has 1 atom stereocenters. The van der Waals surface area contributed by atoms with Gasteiger partial charge in [0, 0.05) is 12.1 Å². The van der Waals surface area contributed by atoms with Crippen LogP contribution in [0.3, 0.4) is 0 Å². The molecule has 4 nitrogen and oxygen atoms in total. The molecule has 23 heavy (non-hydrogen) atoms. The van der Waals surface area contributed by atoms with Crippen molar-refractivity contribution in [1.29, 1.82) is 0 Å². The van der Waals surface area contributed by atoms with Crippen molar-refractivity contribution in [2.45, 2.75) is 32.2 Å². The number of amides is 1. The summed E-state index contributed by atoms with van der Waals surface area (Å²) >= 11 is 0. The van der Waals surface area contributed by atoms with Gasteiger partial charge in [0.25, 0.3) is 0 Å². The molecule has 0 saturated heterocycles. The number of para-hydroxylation sites is 1. The Morgan fingerprint density at radius 3 is 2.39 bits per heavy atom. The number of carbonyl (C=O) groups excluding carboxylic acids is 2. The Morgan fingerprint density at radius 2 is 1.70 bits per heavy atom. The smallest absolute Gasteiger partial charge is 0.224 e. The molecule has 0 heterocycles. The molecular weight excluding hydrogens is 288 g/mol. The van der Waals surface area contributed by atoms with Gasteiger partial charge in [-0.1, -0.05) is 48.5 Å². The Morgan fingerprint density at radius 1 is 1.04 bits per heavy atom. The molecule has 0 aromatic heterocycles. The number of benzene rings is 2. The summed E-state index contributed by atoms with van der Waals surface area (Å²) in [7, 11) is 0. The van der Waals surface area contributed by atoms with Crippen LogP contribution in [0.25, 0.3) is 0 Å². The second-order valence-corrected chi connectivity index (χ2v) is 5.62. The molecule has 2 aromatic carbocycles. The molecule has 0 bridgehead atoms. The third-order valence-corrected chi connectivity index (χ3v) is 3.73. The van der Waals surface area contributed by atoms with E-state index in [0.29, 0.717) is 6.42 Å². The van der Waals surface area contributed by atoms with Gasteiger partial charge in [-0.15, -0.1) is 0 Å². The maximum absolute atomic E-state index is 12.1. The summed E-state index contributed by atoms with van der Waals surface area (Å²) in [4.78, 5) is 23.2. The highest BCUT2D eigenvalue weighted by molar-refractivity contribution is 5.92. The molecule has 3 N–H and O–H groups in total. The summed E-state index contributed by atoms with van der Waals surface area (Å²) < 4.78 is 0. The highest BCUT2D eigenvalue weighted by atomic mass is 16.1. The van der Waals surface area contributed by atoms with E-state index >= 15 is 0 Å². The zero-order valence-electron chi connectivity index (χ0n) is 13.3. The van der Waals surface area contributed by atoms with Gasteiger partial charge in [-0.2, -0.15) is 0 Å². The fraction of sp³-hybridized carbons (Fsp3) is 0.263. The highest BCUT2D eigenvalue weighted by Crippen LogP contribution is 2.19. The zero-order chi connectivity index (χ0) is 16.7. The van der Waals surface area contributed by atoms with Gasteiger partial charge in [0.1, 0.15) is 5.78 Å². The van der Waals surface area contributed by atoms with Gasteiger partial charge in [-0.25, -0.2) is 0 Å². The Balaban J connectivity index is 2.00. The predicted molar refractivity (Wildman–Crippen MR) is 92.2 cm³/mol. The SMILES string of the molecule is CC(=O)[C@@H](N)CCC(=O)Nc1ccccc1Cc1ccccc1. The van der Waals surface area contributed by atoms with Crippen LogP contribution in [0.1, 0.15) is 30.9 Å². The van der Waals surface area contributed by atoms with Crippen molar-refractivity contribution in [3.05, 3.63) is 65.7 Å². The molecule has 0 fully saturated rings. The summed E-state index contributed by atoms with van der Waals surface area (Å²) in [6.07, 6.45) is 1.35. The van der Waals surface area contributed by atoms with Crippen LogP contribution in [0.5, 0.6) is 0 Å². The molecule has 0 spiro atoms. The topological polar surface area (TPSA) is 72.2 Å². The summed E-state index contributed by atoms with van der Waals surface area (Å²) in [6, 6.07) is 17.3. The molecule has 2 aromatic rings. The standard InChI is InChI=1S/C19H22N2O2/c1-14(22)17(20)11-12-19(23)21-18-10-6-5-9-16(18)13-15-7-3-2-4-8-15/h2-10,17H,11-13,20H2,1H3,(H,21,23)/t17-/m0/s1. The number of nitrogens with two attached hydrogens (primary N) is 1. The van der Waals surface area contributed by atoms with Crippen LogP contribution in [-0.4, -0.2) is 17.7 Å². The Labute approximate surface area is 136 Å². The summed E-state index contributed by atoms with van der Waals surface area (Å²) in [5.74, 6) is -0.218. The van der Waals surface area contributed by atoms with Gasteiger partial charge in [-0.3, -0.25) is 9.59 Å². The zero-order valence-corrected chi connectivity index (χ0v) is 13.3. The van der Waals surface area contributed by atoms with Crippen LogP contribution < -0.4 is 11.1 Å². The maximum atomic E-state index is 12.1. The van der Waals surface area contributed by atoms with E-state index in [-0.39, 0.29) is 18.1 Å². The van der Waals surface area contributed by atoms with E-state index in [9.17, 15) is 9.59 Å². The summed E-state index contributed by atoms with van der Waals surface area (Å²) in [6.45, 7) is 1.44. The fourth-order valence-electron chi connectivity index (χ4n) is 2.31. The van der Waals surface area contributed by atoms with E-state index in [1.54, 1.807) is 0 Å². The first-order chi connectivity index (χ1) is 11.1. The molecule has 120 valence electrons. The van der Waals surface area contributed by atoms with Crippen LogP contribution in [0.4, 0.5) is 5.69 Å². The van der Waals surface area contributed by atoms with Crippen molar-refractivity contribution < 1.29 is 9.59 Å². The molecule has 4 heteroatoms. The average molecular weight is 310 g/mol. The minimum atomic E-state index is -0.569. The second kappa shape index (κ2) is 8.25. The van der Waals surface area contributed by atoms with Crippen LogP contribution in [0.2, 0.25) is 0 Å². The minimum absolute atomic E-state index is 0.0951. The van der Waals surface area contributed by atoms with Gasteiger partial charge in [0.05, 0.1) is 6.04 Å². The van der Waals surface area contributed by atoms with Gasteiger partial charge in [0.15, 0.2) is 0 Å². The molecule has 0 aliphatic heterocycles. The number of ketones is 1. The van der Waals surface area contributed by atoms with Gasteiger partial charge < -0.3 is 11.1 Å². The monoisotopic (exact) mass is 310 g/mol. The normalized spacial score (nSPS) is 11.7. The Bertz CT molecular complexity index is 668. The average Bonchev–Trinajstić information content (AvgIpc) is 2.55. The van der Waals surface area contributed by atoms with Crippen molar-refractivity contribution in [2.75, 3.05) is 5.32 Å².